The summed E-state index contributed by atoms with van der Waals surface area (Å²) in [6.07, 6.45) is 0.898. The fourth-order valence-electron chi connectivity index (χ4n) is 2.42. The Morgan fingerprint density at radius 3 is 2.15 bits per heavy atom. The predicted molar refractivity (Wildman–Crippen MR) is 97.8 cm³/mol. The number of hydrogen-bond acceptors (Lipinski definition) is 6. The van der Waals surface area contributed by atoms with Crippen LogP contribution in [-0.2, 0) is 4.79 Å². The topological polar surface area (TPSA) is 100 Å². The second-order valence-corrected chi connectivity index (χ2v) is 6.15. The van der Waals surface area contributed by atoms with Crippen LogP contribution >= 0.6 is 0 Å². The molecule has 0 saturated heterocycles. The van der Waals surface area contributed by atoms with Crippen LogP contribution in [0.1, 0.15) is 12.8 Å². The lowest BCUT2D eigenvalue weighted by molar-refractivity contribution is -0.126. The van der Waals surface area contributed by atoms with Crippen LogP contribution in [-0.4, -0.2) is 31.6 Å². The van der Waals surface area contributed by atoms with Crippen molar-refractivity contribution in [3.63, 3.8) is 0 Å². The van der Waals surface area contributed by atoms with Crippen molar-refractivity contribution >= 4 is 23.5 Å². The zero-order valence-corrected chi connectivity index (χ0v) is 13.9. The van der Waals surface area contributed by atoms with Gasteiger partial charge in [0.1, 0.15) is 5.60 Å². The van der Waals surface area contributed by atoms with E-state index in [1.165, 1.54) is 0 Å². The monoisotopic (exact) mass is 347 g/mol. The number of anilines is 3. The first-order valence-electron chi connectivity index (χ1n) is 8.30. The largest absolute Gasteiger partial charge is 0.380 e. The minimum absolute atomic E-state index is 0.0996. The van der Waals surface area contributed by atoms with Crippen LogP contribution < -0.4 is 10.6 Å². The molecule has 1 fully saturated rings. The Bertz CT molecular complexity index is 927. The average molecular weight is 347 g/mol. The van der Waals surface area contributed by atoms with Crippen LogP contribution in [0, 0.1) is 0 Å². The van der Waals surface area contributed by atoms with E-state index in [1.54, 1.807) is 0 Å². The van der Waals surface area contributed by atoms with Crippen LogP contribution in [0.2, 0.25) is 0 Å². The van der Waals surface area contributed by atoms with E-state index in [-0.39, 0.29) is 5.95 Å². The van der Waals surface area contributed by atoms with Crippen molar-refractivity contribution in [2.24, 2.45) is 0 Å². The summed E-state index contributed by atoms with van der Waals surface area (Å²) in [5.74, 6) is 0.344. The number of rotatable bonds is 5. The first kappa shape index (κ1) is 16.2. The number of amides is 1. The fraction of sp³-hybridized carbons (Fsp3) is 0.158. The molecule has 0 radical (unpaired) electrons. The lowest BCUT2D eigenvalue weighted by Gasteiger charge is -2.11. The minimum atomic E-state index is -1.30. The summed E-state index contributed by atoms with van der Waals surface area (Å²) in [5, 5.41) is 15.6. The molecular formula is C19H17N5O2. The van der Waals surface area contributed by atoms with Gasteiger partial charge in [-0.25, -0.2) is 0 Å². The average Bonchev–Trinajstić information content (AvgIpc) is 3.42. The molecule has 4 rings (SSSR count). The number of para-hydroxylation sites is 1. The summed E-state index contributed by atoms with van der Waals surface area (Å²) in [6.45, 7) is 0. The van der Waals surface area contributed by atoms with Crippen LogP contribution in [0.25, 0.3) is 11.4 Å². The molecule has 0 unspecified atom stereocenters. The van der Waals surface area contributed by atoms with Crippen molar-refractivity contribution in [1.82, 2.24) is 15.0 Å². The van der Waals surface area contributed by atoms with E-state index in [0.29, 0.717) is 24.6 Å². The molecule has 1 heterocycles. The van der Waals surface area contributed by atoms with E-state index in [2.05, 4.69) is 25.6 Å². The van der Waals surface area contributed by atoms with Crippen molar-refractivity contribution in [2.75, 3.05) is 10.6 Å². The third-order valence-electron chi connectivity index (χ3n) is 4.07. The van der Waals surface area contributed by atoms with Gasteiger partial charge < -0.3 is 10.4 Å². The number of aliphatic hydroxyl groups is 1. The molecule has 0 aliphatic heterocycles. The minimum Gasteiger partial charge on any atom is -0.380 e. The molecule has 3 N–H and O–H groups in total. The molecule has 26 heavy (non-hydrogen) atoms. The first-order chi connectivity index (χ1) is 12.6. The number of benzene rings is 2. The third kappa shape index (κ3) is 3.52. The molecule has 0 spiro atoms. The highest BCUT2D eigenvalue weighted by Gasteiger charge is 2.48. The Morgan fingerprint density at radius 2 is 1.50 bits per heavy atom. The summed E-state index contributed by atoms with van der Waals surface area (Å²) in [4.78, 5) is 25.1. The highest BCUT2D eigenvalue weighted by molar-refractivity contribution is 5.98. The van der Waals surface area contributed by atoms with Gasteiger partial charge in [0.05, 0.1) is 0 Å². The maximum Gasteiger partial charge on any atom is 0.258 e. The second-order valence-electron chi connectivity index (χ2n) is 6.15. The van der Waals surface area contributed by atoms with Crippen molar-refractivity contribution in [3.8, 4) is 11.4 Å². The van der Waals surface area contributed by atoms with Crippen LogP contribution in [0.3, 0.4) is 0 Å². The van der Waals surface area contributed by atoms with Gasteiger partial charge in [0.15, 0.2) is 5.82 Å². The standard InChI is InChI=1S/C19H17N5O2/c25-16(19(26)11-12-19)23-18-22-15(13-7-3-1-4-8-13)21-17(24-18)20-14-9-5-2-6-10-14/h1-10,26H,11-12H2,(H2,20,21,22,23,24,25). The first-order valence-corrected chi connectivity index (χ1v) is 8.30. The fourth-order valence-corrected chi connectivity index (χ4v) is 2.42. The SMILES string of the molecule is O=C(Nc1nc(Nc2ccccc2)nc(-c2ccccc2)n1)C1(O)CC1. The second kappa shape index (κ2) is 6.53. The van der Waals surface area contributed by atoms with Gasteiger partial charge in [-0.1, -0.05) is 48.5 Å². The lowest BCUT2D eigenvalue weighted by atomic mass is 10.2. The van der Waals surface area contributed by atoms with Gasteiger partial charge in [0.2, 0.25) is 11.9 Å². The molecule has 0 atom stereocenters. The van der Waals surface area contributed by atoms with E-state index >= 15 is 0 Å². The maximum atomic E-state index is 12.1. The van der Waals surface area contributed by atoms with Gasteiger partial charge in [-0.3, -0.25) is 10.1 Å². The molecule has 1 saturated carbocycles. The molecule has 2 aromatic carbocycles. The Labute approximate surface area is 150 Å². The lowest BCUT2D eigenvalue weighted by Crippen LogP contribution is -2.30. The Kier molecular flexibility index (Phi) is 4.06. The molecule has 7 nitrogen and oxygen atoms in total. The highest BCUT2D eigenvalue weighted by Crippen LogP contribution is 2.36. The van der Waals surface area contributed by atoms with Crippen molar-refractivity contribution in [1.29, 1.82) is 0 Å². The molecule has 130 valence electrons. The van der Waals surface area contributed by atoms with Crippen LogP contribution in [0.5, 0.6) is 0 Å². The van der Waals surface area contributed by atoms with Crippen molar-refractivity contribution in [2.45, 2.75) is 18.4 Å². The summed E-state index contributed by atoms with van der Waals surface area (Å²) in [5.41, 5.74) is 0.314. The van der Waals surface area contributed by atoms with Crippen molar-refractivity contribution < 1.29 is 9.90 Å². The van der Waals surface area contributed by atoms with E-state index < -0.39 is 11.5 Å². The number of nitrogens with one attached hydrogen (secondary N) is 2. The smallest absolute Gasteiger partial charge is 0.258 e. The maximum absolute atomic E-state index is 12.1. The van der Waals surface area contributed by atoms with Crippen LogP contribution in [0.15, 0.2) is 60.7 Å². The number of hydrogen-bond donors (Lipinski definition) is 3. The van der Waals surface area contributed by atoms with Crippen molar-refractivity contribution in [3.05, 3.63) is 60.7 Å². The Balaban J connectivity index is 1.68. The van der Waals surface area contributed by atoms with E-state index in [0.717, 1.165) is 11.3 Å². The summed E-state index contributed by atoms with van der Waals surface area (Å²) in [6, 6.07) is 18.9. The van der Waals surface area contributed by atoms with Gasteiger partial charge in [-0.15, -0.1) is 0 Å². The Hall–Kier alpha value is -3.32. The van der Waals surface area contributed by atoms with Gasteiger partial charge >= 0.3 is 0 Å². The van der Waals surface area contributed by atoms with Gasteiger partial charge in [0, 0.05) is 11.3 Å². The highest BCUT2D eigenvalue weighted by atomic mass is 16.3. The summed E-state index contributed by atoms with van der Waals surface area (Å²) in [7, 11) is 0. The zero-order valence-electron chi connectivity index (χ0n) is 13.9. The summed E-state index contributed by atoms with van der Waals surface area (Å²) < 4.78 is 0. The molecule has 1 amide bonds. The van der Waals surface area contributed by atoms with Crippen LogP contribution in [0.4, 0.5) is 17.6 Å². The van der Waals surface area contributed by atoms with E-state index in [9.17, 15) is 9.90 Å². The molecule has 1 aliphatic carbocycles. The van der Waals surface area contributed by atoms with E-state index in [4.69, 9.17) is 0 Å². The van der Waals surface area contributed by atoms with Gasteiger partial charge in [-0.2, -0.15) is 15.0 Å². The number of nitrogens with zero attached hydrogens (tertiary/aromatic N) is 3. The molecule has 1 aromatic heterocycles. The molecule has 1 aliphatic rings. The molecular weight excluding hydrogens is 330 g/mol. The number of carbonyl (C=O) groups excluding carboxylic acids is 1. The van der Waals surface area contributed by atoms with Gasteiger partial charge in [-0.05, 0) is 25.0 Å². The predicted octanol–water partition coefficient (Wildman–Crippen LogP) is 2.75. The van der Waals surface area contributed by atoms with E-state index in [1.807, 2.05) is 60.7 Å². The normalized spacial score (nSPS) is 14.5. The third-order valence-corrected chi connectivity index (χ3v) is 4.07. The molecule has 0 bridgehead atoms. The summed E-state index contributed by atoms with van der Waals surface area (Å²) >= 11 is 0. The zero-order chi connectivity index (χ0) is 18.0. The Morgan fingerprint density at radius 1 is 0.885 bits per heavy atom. The molecule has 3 aromatic rings. The number of aromatic nitrogens is 3. The molecule has 7 heteroatoms. The quantitative estimate of drug-likeness (QED) is 0.656. The number of carbonyl (C=O) groups is 1. The van der Waals surface area contributed by atoms with Gasteiger partial charge in [0.25, 0.3) is 5.91 Å².